The minimum Gasteiger partial charge on any atom is -0.496 e. The Morgan fingerprint density at radius 3 is 2.52 bits per heavy atom. The van der Waals surface area contributed by atoms with Gasteiger partial charge in [-0.05, 0) is 61.1 Å². The monoisotopic (exact) mass is 329 g/mol. The fraction of sp³-hybridized carbons (Fsp3) is 0.316. The maximum Gasteiger partial charge on any atom is 0.251 e. The second kappa shape index (κ2) is 6.63. The number of amides is 1. The lowest BCUT2D eigenvalue weighted by Crippen LogP contribution is -2.29. The number of carbonyl (C=O) groups excluding carboxylic acids is 1. The molecule has 0 bridgehead atoms. The van der Waals surface area contributed by atoms with Crippen molar-refractivity contribution in [3.63, 3.8) is 0 Å². The molecule has 1 saturated carbocycles. The Kier molecular flexibility index (Phi) is 4.58. The van der Waals surface area contributed by atoms with Crippen molar-refractivity contribution in [3.8, 4) is 5.75 Å². The predicted molar refractivity (Wildman–Crippen MR) is 92.1 cm³/mol. The predicted octanol–water partition coefficient (Wildman–Crippen LogP) is 4.54. The van der Waals surface area contributed by atoms with Crippen LogP contribution in [-0.4, -0.2) is 13.0 Å². The highest BCUT2D eigenvalue weighted by Crippen LogP contribution is 2.41. The van der Waals surface area contributed by atoms with E-state index in [2.05, 4.69) is 5.32 Å². The van der Waals surface area contributed by atoms with E-state index >= 15 is 0 Å². The first-order valence-electron chi connectivity index (χ1n) is 7.79. The van der Waals surface area contributed by atoms with E-state index in [9.17, 15) is 4.79 Å². The summed E-state index contributed by atoms with van der Waals surface area (Å²) < 4.78 is 5.30. The number of halogens is 1. The van der Waals surface area contributed by atoms with Crippen LogP contribution in [0.15, 0.2) is 42.5 Å². The molecule has 3 rings (SSSR count). The molecule has 0 aromatic heterocycles. The second-order valence-electron chi connectivity index (χ2n) is 6.02. The SMILES string of the molecule is COc1cc(C(=O)NC(c2ccc(Cl)cc2)C2CC2)ccc1C. The Balaban J connectivity index is 1.80. The fourth-order valence-electron chi connectivity index (χ4n) is 2.76. The summed E-state index contributed by atoms with van der Waals surface area (Å²) in [5.74, 6) is 1.16. The highest BCUT2D eigenvalue weighted by molar-refractivity contribution is 6.30. The van der Waals surface area contributed by atoms with Crippen LogP contribution in [0.1, 0.15) is 40.4 Å². The minimum atomic E-state index is -0.0739. The zero-order valence-corrected chi connectivity index (χ0v) is 14.1. The molecule has 1 atom stereocenters. The van der Waals surface area contributed by atoms with Gasteiger partial charge in [0.05, 0.1) is 13.2 Å². The molecule has 3 nitrogen and oxygen atoms in total. The molecule has 2 aromatic rings. The van der Waals surface area contributed by atoms with Gasteiger partial charge in [-0.15, -0.1) is 0 Å². The Morgan fingerprint density at radius 1 is 1.22 bits per heavy atom. The normalized spacial score (nSPS) is 15.1. The van der Waals surface area contributed by atoms with E-state index in [0.717, 1.165) is 29.7 Å². The van der Waals surface area contributed by atoms with Gasteiger partial charge in [0.25, 0.3) is 5.91 Å². The van der Waals surface area contributed by atoms with Gasteiger partial charge in [-0.25, -0.2) is 0 Å². The number of nitrogens with one attached hydrogen (secondary N) is 1. The fourth-order valence-corrected chi connectivity index (χ4v) is 2.88. The smallest absolute Gasteiger partial charge is 0.251 e. The molecule has 1 aliphatic carbocycles. The average Bonchev–Trinajstić information content (AvgIpc) is 3.38. The standard InChI is InChI=1S/C19H20ClNO2/c1-12-3-4-15(11-17(12)23-2)19(22)21-18(13-5-6-13)14-7-9-16(20)10-8-14/h3-4,7-11,13,18H,5-6H2,1-2H3,(H,21,22). The molecule has 1 N–H and O–H groups in total. The van der Waals surface area contributed by atoms with Gasteiger partial charge in [-0.2, -0.15) is 0 Å². The Labute approximate surface area is 141 Å². The van der Waals surface area contributed by atoms with Crippen molar-refractivity contribution in [1.29, 1.82) is 0 Å². The molecule has 120 valence electrons. The topological polar surface area (TPSA) is 38.3 Å². The van der Waals surface area contributed by atoms with Crippen LogP contribution in [-0.2, 0) is 0 Å². The van der Waals surface area contributed by atoms with Crippen molar-refractivity contribution >= 4 is 17.5 Å². The molecule has 4 heteroatoms. The Hall–Kier alpha value is -2.00. The molecule has 0 aliphatic heterocycles. The third kappa shape index (κ3) is 3.67. The second-order valence-corrected chi connectivity index (χ2v) is 6.46. The van der Waals surface area contributed by atoms with Crippen LogP contribution in [0.3, 0.4) is 0 Å². The van der Waals surface area contributed by atoms with E-state index in [0.29, 0.717) is 16.5 Å². The van der Waals surface area contributed by atoms with Gasteiger partial charge in [-0.3, -0.25) is 4.79 Å². The highest BCUT2D eigenvalue weighted by Gasteiger charge is 2.33. The molecule has 1 amide bonds. The van der Waals surface area contributed by atoms with E-state index in [1.165, 1.54) is 0 Å². The Morgan fingerprint density at radius 2 is 1.91 bits per heavy atom. The van der Waals surface area contributed by atoms with Crippen LogP contribution < -0.4 is 10.1 Å². The molecular formula is C19H20ClNO2. The van der Waals surface area contributed by atoms with Gasteiger partial charge in [-0.1, -0.05) is 29.8 Å². The molecule has 0 heterocycles. The van der Waals surface area contributed by atoms with Gasteiger partial charge in [0.15, 0.2) is 0 Å². The molecular weight excluding hydrogens is 310 g/mol. The lowest BCUT2D eigenvalue weighted by atomic mass is 10.0. The lowest BCUT2D eigenvalue weighted by Gasteiger charge is -2.19. The number of benzene rings is 2. The molecule has 0 saturated heterocycles. The molecule has 1 unspecified atom stereocenters. The number of ether oxygens (including phenoxy) is 1. The lowest BCUT2D eigenvalue weighted by molar-refractivity contribution is 0.0931. The largest absolute Gasteiger partial charge is 0.496 e. The average molecular weight is 330 g/mol. The first kappa shape index (κ1) is 15.9. The zero-order valence-electron chi connectivity index (χ0n) is 13.3. The highest BCUT2D eigenvalue weighted by atomic mass is 35.5. The number of rotatable bonds is 5. The quantitative estimate of drug-likeness (QED) is 0.874. The third-order valence-electron chi connectivity index (χ3n) is 4.28. The first-order valence-corrected chi connectivity index (χ1v) is 8.17. The summed E-state index contributed by atoms with van der Waals surface area (Å²) in [7, 11) is 1.62. The summed E-state index contributed by atoms with van der Waals surface area (Å²) in [5, 5.41) is 3.87. The third-order valence-corrected chi connectivity index (χ3v) is 4.53. The molecule has 0 spiro atoms. The van der Waals surface area contributed by atoms with Crippen LogP contribution in [0.25, 0.3) is 0 Å². The van der Waals surface area contributed by atoms with E-state index in [1.54, 1.807) is 13.2 Å². The van der Waals surface area contributed by atoms with Gasteiger partial charge in [0, 0.05) is 10.6 Å². The van der Waals surface area contributed by atoms with Crippen molar-refractivity contribution in [2.45, 2.75) is 25.8 Å². The first-order chi connectivity index (χ1) is 11.1. The van der Waals surface area contributed by atoms with Crippen molar-refractivity contribution in [3.05, 3.63) is 64.2 Å². The van der Waals surface area contributed by atoms with Crippen molar-refractivity contribution < 1.29 is 9.53 Å². The minimum absolute atomic E-state index is 0.0343. The van der Waals surface area contributed by atoms with Crippen molar-refractivity contribution in [1.82, 2.24) is 5.32 Å². The molecule has 1 fully saturated rings. The van der Waals surface area contributed by atoms with Gasteiger partial charge < -0.3 is 10.1 Å². The summed E-state index contributed by atoms with van der Waals surface area (Å²) in [6.07, 6.45) is 2.29. The summed E-state index contributed by atoms with van der Waals surface area (Å²) in [4.78, 5) is 12.6. The van der Waals surface area contributed by atoms with Crippen LogP contribution in [0.2, 0.25) is 5.02 Å². The molecule has 0 radical (unpaired) electrons. The summed E-state index contributed by atoms with van der Waals surface area (Å²) in [6, 6.07) is 13.3. The van der Waals surface area contributed by atoms with Crippen LogP contribution in [0, 0.1) is 12.8 Å². The molecule has 1 aliphatic rings. The van der Waals surface area contributed by atoms with E-state index in [1.807, 2.05) is 43.3 Å². The number of methoxy groups -OCH3 is 1. The summed E-state index contributed by atoms with van der Waals surface area (Å²) in [6.45, 7) is 1.96. The molecule has 23 heavy (non-hydrogen) atoms. The number of aryl methyl sites for hydroxylation is 1. The van der Waals surface area contributed by atoms with Crippen LogP contribution in [0.5, 0.6) is 5.75 Å². The van der Waals surface area contributed by atoms with Gasteiger partial charge >= 0.3 is 0 Å². The molecule has 2 aromatic carbocycles. The van der Waals surface area contributed by atoms with Crippen LogP contribution >= 0.6 is 11.6 Å². The van der Waals surface area contributed by atoms with Crippen LogP contribution in [0.4, 0.5) is 0 Å². The Bertz CT molecular complexity index is 708. The van der Waals surface area contributed by atoms with Gasteiger partial charge in [0.1, 0.15) is 5.75 Å². The van der Waals surface area contributed by atoms with Crippen molar-refractivity contribution in [2.24, 2.45) is 5.92 Å². The van der Waals surface area contributed by atoms with E-state index < -0.39 is 0 Å². The zero-order chi connectivity index (χ0) is 16.4. The maximum absolute atomic E-state index is 12.6. The van der Waals surface area contributed by atoms with E-state index in [4.69, 9.17) is 16.3 Å². The van der Waals surface area contributed by atoms with E-state index in [-0.39, 0.29) is 11.9 Å². The number of hydrogen-bond acceptors (Lipinski definition) is 2. The van der Waals surface area contributed by atoms with Crippen molar-refractivity contribution in [2.75, 3.05) is 7.11 Å². The number of carbonyl (C=O) groups is 1. The maximum atomic E-state index is 12.6. The van der Waals surface area contributed by atoms with Gasteiger partial charge in [0.2, 0.25) is 0 Å². The summed E-state index contributed by atoms with van der Waals surface area (Å²) >= 11 is 5.96. The summed E-state index contributed by atoms with van der Waals surface area (Å²) in [5.41, 5.74) is 2.73. The number of hydrogen-bond donors (Lipinski definition) is 1.